The zero-order valence-electron chi connectivity index (χ0n) is 23.7. The summed E-state index contributed by atoms with van der Waals surface area (Å²) in [6.07, 6.45) is -2.56. The molecule has 0 aliphatic rings. The molecule has 0 fully saturated rings. The second-order valence-electron chi connectivity index (χ2n) is 10.6. The fourth-order valence-electron chi connectivity index (χ4n) is 4.48. The van der Waals surface area contributed by atoms with E-state index >= 15 is 0 Å². The Bertz CT molecular complexity index is 1030. The molecule has 218 valence electrons. The Morgan fingerprint density at radius 2 is 1.56 bits per heavy atom. The molecule has 0 bridgehead atoms. The number of aliphatic hydroxyl groups is 3. The number of nitrogens with zero attached hydrogens (tertiary/aromatic N) is 1. The Kier molecular flexibility index (Phi) is 13.4. The van der Waals surface area contributed by atoms with Crippen molar-refractivity contribution in [3.8, 4) is 0 Å². The number of aryl methyl sites for hydroxylation is 1. The number of hydrogen-bond acceptors (Lipinski definition) is 6. The largest absolute Gasteiger partial charge is 0.389 e. The lowest BCUT2D eigenvalue weighted by atomic mass is 9.96. The first kappa shape index (κ1) is 32.8. The summed E-state index contributed by atoms with van der Waals surface area (Å²) in [5.41, 5.74) is 1.82. The lowest BCUT2D eigenvalue weighted by Gasteiger charge is -2.30. The second kappa shape index (κ2) is 16.0. The molecule has 2 rings (SSSR count). The summed E-state index contributed by atoms with van der Waals surface area (Å²) < 4.78 is 33.2. The third-order valence-corrected chi connectivity index (χ3v) is 6.23. The Morgan fingerprint density at radius 3 is 2.13 bits per heavy atom. The molecule has 0 spiro atoms. The number of amides is 1. The summed E-state index contributed by atoms with van der Waals surface area (Å²) in [5.74, 6) is -1.46. The van der Waals surface area contributed by atoms with Gasteiger partial charge in [-0.25, -0.2) is 8.78 Å². The van der Waals surface area contributed by atoms with Crippen LogP contribution >= 0.6 is 0 Å². The van der Waals surface area contributed by atoms with Gasteiger partial charge in [-0.1, -0.05) is 33.8 Å². The summed E-state index contributed by atoms with van der Waals surface area (Å²) in [6.45, 7) is 11.2. The number of hydrogen-bond donors (Lipinski definition) is 4. The molecule has 7 nitrogen and oxygen atoms in total. The number of nitrogens with one attached hydrogen (secondary N) is 1. The van der Waals surface area contributed by atoms with Gasteiger partial charge in [-0.15, -0.1) is 0 Å². The van der Waals surface area contributed by atoms with Crippen molar-refractivity contribution < 1.29 is 33.6 Å². The van der Waals surface area contributed by atoms with Gasteiger partial charge in [0.1, 0.15) is 24.0 Å². The number of rotatable bonds is 16. The summed E-state index contributed by atoms with van der Waals surface area (Å²) in [6, 6.07) is 7.09. The Morgan fingerprint density at radius 1 is 0.949 bits per heavy atom. The molecule has 4 N–H and O–H groups in total. The monoisotopic (exact) mass is 550 g/mol. The SMILES string of the molecule is CCCN(CCC)C(=O)c1cc(C)cc(C(O)N[C@@H](Cc2cc(F)cc(F)c2)C(O)C(O)COCC(C)C)c1. The molecule has 39 heavy (non-hydrogen) atoms. The third-order valence-electron chi connectivity index (χ3n) is 6.23. The Hall–Kier alpha value is -2.43. The van der Waals surface area contributed by atoms with Crippen molar-refractivity contribution in [2.45, 2.75) is 78.4 Å². The lowest BCUT2D eigenvalue weighted by Crippen LogP contribution is -2.50. The molecule has 0 aliphatic carbocycles. The van der Waals surface area contributed by atoms with Crippen LogP contribution in [0.4, 0.5) is 8.78 Å². The van der Waals surface area contributed by atoms with Gasteiger partial charge in [0, 0.05) is 37.4 Å². The van der Waals surface area contributed by atoms with Crippen molar-refractivity contribution in [2.75, 3.05) is 26.3 Å². The first-order valence-electron chi connectivity index (χ1n) is 13.7. The maximum Gasteiger partial charge on any atom is 0.253 e. The molecule has 0 saturated heterocycles. The van der Waals surface area contributed by atoms with Gasteiger partial charge in [0.25, 0.3) is 5.91 Å². The van der Waals surface area contributed by atoms with Gasteiger partial charge >= 0.3 is 0 Å². The number of aliphatic hydroxyl groups excluding tert-OH is 3. The fraction of sp³-hybridized carbons (Fsp3) is 0.567. The maximum absolute atomic E-state index is 13.9. The van der Waals surface area contributed by atoms with Crippen LogP contribution in [0.25, 0.3) is 0 Å². The van der Waals surface area contributed by atoms with Crippen molar-refractivity contribution in [3.63, 3.8) is 0 Å². The van der Waals surface area contributed by atoms with Crippen LogP contribution in [0.15, 0.2) is 36.4 Å². The van der Waals surface area contributed by atoms with Gasteiger partial charge in [0.15, 0.2) is 0 Å². The van der Waals surface area contributed by atoms with Crippen molar-refractivity contribution >= 4 is 5.91 Å². The van der Waals surface area contributed by atoms with E-state index in [0.29, 0.717) is 30.8 Å². The van der Waals surface area contributed by atoms with E-state index < -0.39 is 36.1 Å². The van der Waals surface area contributed by atoms with Gasteiger partial charge in [-0.05, 0) is 73.1 Å². The number of ether oxygens (including phenoxy) is 1. The summed E-state index contributed by atoms with van der Waals surface area (Å²) in [5, 5.41) is 35.6. The molecule has 4 atom stereocenters. The highest BCUT2D eigenvalue weighted by Gasteiger charge is 2.29. The molecule has 9 heteroatoms. The Labute approximate surface area is 230 Å². The predicted molar refractivity (Wildman–Crippen MR) is 147 cm³/mol. The topological polar surface area (TPSA) is 102 Å². The van der Waals surface area contributed by atoms with Crippen molar-refractivity contribution in [1.29, 1.82) is 0 Å². The average Bonchev–Trinajstić information content (AvgIpc) is 2.86. The first-order chi connectivity index (χ1) is 18.4. The molecule has 0 radical (unpaired) electrons. The summed E-state index contributed by atoms with van der Waals surface area (Å²) in [4.78, 5) is 15.0. The number of carbonyl (C=O) groups is 1. The van der Waals surface area contributed by atoms with Gasteiger partial charge in [-0.2, -0.15) is 0 Å². The minimum absolute atomic E-state index is 0.0907. The highest BCUT2D eigenvalue weighted by molar-refractivity contribution is 5.94. The fourth-order valence-corrected chi connectivity index (χ4v) is 4.48. The third kappa shape index (κ3) is 10.6. The number of halogens is 2. The first-order valence-corrected chi connectivity index (χ1v) is 13.7. The molecular formula is C30H44F2N2O5. The van der Waals surface area contributed by atoms with Crippen LogP contribution in [0.2, 0.25) is 0 Å². The van der Waals surface area contributed by atoms with E-state index in [1.165, 1.54) is 0 Å². The molecule has 1 amide bonds. The smallest absolute Gasteiger partial charge is 0.253 e. The van der Waals surface area contributed by atoms with Gasteiger partial charge in [0.05, 0.1) is 12.7 Å². The van der Waals surface area contributed by atoms with Crippen molar-refractivity contribution in [3.05, 3.63) is 70.3 Å². The summed E-state index contributed by atoms with van der Waals surface area (Å²) >= 11 is 0. The van der Waals surface area contributed by atoms with E-state index in [-0.39, 0.29) is 30.4 Å². The molecule has 0 saturated carbocycles. The van der Waals surface area contributed by atoms with E-state index in [0.717, 1.165) is 36.6 Å². The predicted octanol–water partition coefficient (Wildman–Crippen LogP) is 4.12. The highest BCUT2D eigenvalue weighted by Crippen LogP contribution is 2.21. The van der Waals surface area contributed by atoms with Crippen molar-refractivity contribution in [2.24, 2.45) is 5.92 Å². The van der Waals surface area contributed by atoms with Crippen LogP contribution in [0.5, 0.6) is 0 Å². The molecule has 0 aromatic heterocycles. The number of benzene rings is 2. The van der Waals surface area contributed by atoms with Gasteiger partial charge in [0.2, 0.25) is 0 Å². The second-order valence-corrected chi connectivity index (χ2v) is 10.6. The highest BCUT2D eigenvalue weighted by atomic mass is 19.1. The van der Waals surface area contributed by atoms with Crippen LogP contribution < -0.4 is 5.32 Å². The minimum Gasteiger partial charge on any atom is -0.389 e. The van der Waals surface area contributed by atoms with E-state index in [4.69, 9.17) is 4.74 Å². The molecular weight excluding hydrogens is 506 g/mol. The number of carbonyl (C=O) groups excluding carboxylic acids is 1. The normalized spacial score (nSPS) is 14.7. The van der Waals surface area contributed by atoms with E-state index in [1.54, 1.807) is 23.1 Å². The van der Waals surface area contributed by atoms with Crippen LogP contribution in [0.3, 0.4) is 0 Å². The lowest BCUT2D eigenvalue weighted by molar-refractivity contribution is -0.0626. The standard InChI is InChI=1S/C30H44F2N2O5/c1-6-8-34(9-7-2)30(38)23-11-20(5)10-22(15-23)29(37)33-26(14-21-12-24(31)16-25(32)13-21)28(36)27(35)18-39-17-19(3)4/h10-13,15-16,19,26-29,33,35-37H,6-9,14,17-18H2,1-5H3/t26-,27?,28?,29?/m0/s1. The van der Waals surface area contributed by atoms with Crippen LogP contribution in [0, 0.1) is 24.5 Å². The average molecular weight is 551 g/mol. The molecule has 0 aliphatic heterocycles. The van der Waals surface area contributed by atoms with E-state index in [1.807, 2.05) is 34.6 Å². The van der Waals surface area contributed by atoms with Crippen LogP contribution in [-0.2, 0) is 11.2 Å². The Balaban J connectivity index is 2.31. The van der Waals surface area contributed by atoms with Crippen LogP contribution in [-0.4, -0.2) is 70.7 Å². The van der Waals surface area contributed by atoms with E-state index in [2.05, 4.69) is 5.32 Å². The minimum atomic E-state index is -1.44. The van der Waals surface area contributed by atoms with Gasteiger partial charge < -0.3 is 25.0 Å². The van der Waals surface area contributed by atoms with Crippen LogP contribution in [0.1, 0.15) is 73.8 Å². The summed E-state index contributed by atoms with van der Waals surface area (Å²) in [7, 11) is 0. The zero-order valence-corrected chi connectivity index (χ0v) is 23.7. The zero-order chi connectivity index (χ0) is 29.1. The molecule has 3 unspecified atom stereocenters. The molecule has 2 aromatic carbocycles. The van der Waals surface area contributed by atoms with Crippen molar-refractivity contribution in [1.82, 2.24) is 10.2 Å². The van der Waals surface area contributed by atoms with E-state index in [9.17, 15) is 28.9 Å². The quantitative estimate of drug-likeness (QED) is 0.235. The van der Waals surface area contributed by atoms with Gasteiger partial charge in [-0.3, -0.25) is 10.1 Å². The molecule has 0 heterocycles. The maximum atomic E-state index is 13.9. The molecule has 2 aromatic rings.